The van der Waals surface area contributed by atoms with Gasteiger partial charge in [-0.25, -0.2) is 9.97 Å². The van der Waals surface area contributed by atoms with Gasteiger partial charge in [-0.05, 0) is 49.2 Å². The Morgan fingerprint density at radius 1 is 1.04 bits per heavy atom. The zero-order valence-corrected chi connectivity index (χ0v) is 14.2. The monoisotopic (exact) mass is 333 g/mol. The maximum atomic E-state index is 12.5. The molecule has 3 aromatic rings. The molecule has 0 aliphatic heterocycles. The number of amides is 1. The Hall–Kier alpha value is -3.28. The van der Waals surface area contributed by atoms with Crippen molar-refractivity contribution < 1.29 is 4.79 Å². The minimum Gasteiger partial charge on any atom is -0.350 e. The van der Waals surface area contributed by atoms with Crippen molar-refractivity contribution in [1.29, 1.82) is 0 Å². The van der Waals surface area contributed by atoms with Crippen LogP contribution in [0.5, 0.6) is 0 Å². The number of nitrogens with one attached hydrogen (secondary N) is 2. The summed E-state index contributed by atoms with van der Waals surface area (Å²) < 4.78 is 0. The van der Waals surface area contributed by atoms with Crippen molar-refractivity contribution in [3.63, 3.8) is 0 Å². The Morgan fingerprint density at radius 3 is 2.56 bits per heavy atom. The van der Waals surface area contributed by atoms with E-state index in [0.717, 1.165) is 22.5 Å². The molecule has 0 saturated carbocycles. The van der Waals surface area contributed by atoms with Crippen molar-refractivity contribution in [3.8, 4) is 0 Å². The van der Waals surface area contributed by atoms with Crippen molar-refractivity contribution in [2.24, 2.45) is 0 Å². The summed E-state index contributed by atoms with van der Waals surface area (Å²) in [5, 5.41) is 6.03. The first kappa shape index (κ1) is 16.6. The topological polar surface area (TPSA) is 79.8 Å². The van der Waals surface area contributed by atoms with Crippen LogP contribution in [-0.2, 0) is 6.54 Å². The standard InChI is InChI=1S/C19H19N5O/c1-13-5-3-4-6-16(13)23-18(25)17-11-14(2)22-19(24-17)21-12-15-7-9-20-10-8-15/h3-11H,12H2,1-2H3,(H,23,25)(H,21,22,24). The molecule has 0 atom stereocenters. The fraction of sp³-hybridized carbons (Fsp3) is 0.158. The van der Waals surface area contributed by atoms with Crippen LogP contribution in [0.15, 0.2) is 54.9 Å². The Bertz CT molecular complexity index is 880. The van der Waals surface area contributed by atoms with Crippen LogP contribution in [0.3, 0.4) is 0 Å². The minimum absolute atomic E-state index is 0.258. The molecule has 0 aliphatic rings. The van der Waals surface area contributed by atoms with Crippen LogP contribution in [0, 0.1) is 13.8 Å². The third-order valence-corrected chi connectivity index (χ3v) is 3.68. The smallest absolute Gasteiger partial charge is 0.274 e. The molecule has 2 N–H and O–H groups in total. The molecule has 0 spiro atoms. The van der Waals surface area contributed by atoms with E-state index < -0.39 is 0 Å². The Labute approximate surface area is 146 Å². The van der Waals surface area contributed by atoms with Crippen molar-refractivity contribution in [1.82, 2.24) is 15.0 Å². The first-order chi connectivity index (χ1) is 12.1. The number of anilines is 2. The molecular weight excluding hydrogens is 314 g/mol. The summed E-state index contributed by atoms with van der Waals surface area (Å²) in [6.45, 7) is 4.34. The second kappa shape index (κ2) is 7.53. The van der Waals surface area contributed by atoms with Gasteiger partial charge < -0.3 is 10.6 Å². The molecule has 0 saturated heterocycles. The zero-order valence-electron chi connectivity index (χ0n) is 14.2. The number of carbonyl (C=O) groups excluding carboxylic acids is 1. The lowest BCUT2D eigenvalue weighted by atomic mass is 10.2. The summed E-state index contributed by atoms with van der Waals surface area (Å²) >= 11 is 0. The van der Waals surface area contributed by atoms with Gasteiger partial charge >= 0.3 is 0 Å². The SMILES string of the molecule is Cc1cc(C(=O)Nc2ccccc2C)nc(NCc2ccncc2)n1. The van der Waals surface area contributed by atoms with Gasteiger partial charge in [-0.15, -0.1) is 0 Å². The molecule has 0 fully saturated rings. The summed E-state index contributed by atoms with van der Waals surface area (Å²) in [7, 11) is 0. The highest BCUT2D eigenvalue weighted by atomic mass is 16.1. The van der Waals surface area contributed by atoms with Crippen LogP contribution in [0.4, 0.5) is 11.6 Å². The van der Waals surface area contributed by atoms with E-state index in [-0.39, 0.29) is 5.91 Å². The number of aryl methyl sites for hydroxylation is 2. The van der Waals surface area contributed by atoms with E-state index in [1.807, 2.05) is 50.2 Å². The zero-order chi connectivity index (χ0) is 17.6. The third kappa shape index (κ3) is 4.38. The van der Waals surface area contributed by atoms with E-state index >= 15 is 0 Å². The van der Waals surface area contributed by atoms with E-state index in [2.05, 4.69) is 25.6 Å². The molecule has 2 aromatic heterocycles. The lowest BCUT2D eigenvalue weighted by Gasteiger charge is -2.10. The predicted octanol–water partition coefficient (Wildman–Crippen LogP) is 3.35. The first-order valence-corrected chi connectivity index (χ1v) is 7.97. The van der Waals surface area contributed by atoms with Gasteiger partial charge in [-0.1, -0.05) is 18.2 Å². The molecule has 0 unspecified atom stereocenters. The van der Waals surface area contributed by atoms with E-state index in [4.69, 9.17) is 0 Å². The van der Waals surface area contributed by atoms with Gasteiger partial charge in [0.15, 0.2) is 0 Å². The number of para-hydroxylation sites is 1. The number of hydrogen-bond donors (Lipinski definition) is 2. The van der Waals surface area contributed by atoms with E-state index in [0.29, 0.717) is 18.2 Å². The Kier molecular flexibility index (Phi) is 4.99. The van der Waals surface area contributed by atoms with Gasteiger partial charge in [0.05, 0.1) is 0 Å². The van der Waals surface area contributed by atoms with E-state index in [9.17, 15) is 4.79 Å². The Morgan fingerprint density at radius 2 is 1.80 bits per heavy atom. The molecule has 6 heteroatoms. The highest BCUT2D eigenvalue weighted by molar-refractivity contribution is 6.03. The van der Waals surface area contributed by atoms with Gasteiger partial charge in [-0.2, -0.15) is 0 Å². The molecule has 0 aliphatic carbocycles. The van der Waals surface area contributed by atoms with Gasteiger partial charge in [0, 0.05) is 30.3 Å². The minimum atomic E-state index is -0.258. The predicted molar refractivity (Wildman–Crippen MR) is 97.5 cm³/mol. The molecule has 1 aromatic carbocycles. The second-order valence-electron chi connectivity index (χ2n) is 5.70. The number of pyridine rings is 1. The molecule has 6 nitrogen and oxygen atoms in total. The maximum Gasteiger partial charge on any atom is 0.274 e. The third-order valence-electron chi connectivity index (χ3n) is 3.68. The number of carbonyl (C=O) groups is 1. The highest BCUT2D eigenvalue weighted by Crippen LogP contribution is 2.15. The molecule has 1 amide bonds. The van der Waals surface area contributed by atoms with Crippen molar-refractivity contribution >= 4 is 17.5 Å². The van der Waals surface area contributed by atoms with Crippen molar-refractivity contribution in [2.75, 3.05) is 10.6 Å². The van der Waals surface area contributed by atoms with Crippen LogP contribution in [-0.4, -0.2) is 20.9 Å². The molecular formula is C19H19N5O. The molecule has 126 valence electrons. The largest absolute Gasteiger partial charge is 0.350 e. The van der Waals surface area contributed by atoms with Gasteiger partial charge in [0.1, 0.15) is 5.69 Å². The van der Waals surface area contributed by atoms with E-state index in [1.165, 1.54) is 0 Å². The number of nitrogens with zero attached hydrogens (tertiary/aromatic N) is 3. The number of aromatic nitrogens is 3. The average molecular weight is 333 g/mol. The average Bonchev–Trinajstić information content (AvgIpc) is 2.62. The first-order valence-electron chi connectivity index (χ1n) is 7.97. The van der Waals surface area contributed by atoms with Gasteiger partial charge in [0.25, 0.3) is 5.91 Å². The molecule has 3 rings (SSSR count). The second-order valence-corrected chi connectivity index (χ2v) is 5.70. The molecule has 2 heterocycles. The summed E-state index contributed by atoms with van der Waals surface area (Å²) in [4.78, 5) is 25.2. The number of hydrogen-bond acceptors (Lipinski definition) is 5. The number of rotatable bonds is 5. The van der Waals surface area contributed by atoms with Crippen molar-refractivity contribution in [2.45, 2.75) is 20.4 Å². The Balaban J connectivity index is 1.74. The van der Waals surface area contributed by atoms with Crippen molar-refractivity contribution in [3.05, 3.63) is 77.4 Å². The van der Waals surface area contributed by atoms with Crippen LogP contribution >= 0.6 is 0 Å². The maximum absolute atomic E-state index is 12.5. The molecule has 25 heavy (non-hydrogen) atoms. The van der Waals surface area contributed by atoms with Gasteiger partial charge in [-0.3, -0.25) is 9.78 Å². The fourth-order valence-electron chi connectivity index (χ4n) is 2.35. The van der Waals surface area contributed by atoms with Crippen LogP contribution < -0.4 is 10.6 Å². The summed E-state index contributed by atoms with van der Waals surface area (Å²) in [5.74, 6) is 0.165. The van der Waals surface area contributed by atoms with E-state index in [1.54, 1.807) is 18.5 Å². The summed E-state index contributed by atoms with van der Waals surface area (Å²) in [6, 6.07) is 13.1. The van der Waals surface area contributed by atoms with Crippen LogP contribution in [0.1, 0.15) is 27.3 Å². The lowest BCUT2D eigenvalue weighted by molar-refractivity contribution is 0.102. The number of benzene rings is 1. The fourth-order valence-corrected chi connectivity index (χ4v) is 2.35. The summed E-state index contributed by atoms with van der Waals surface area (Å²) in [5.41, 5.74) is 3.88. The highest BCUT2D eigenvalue weighted by Gasteiger charge is 2.12. The van der Waals surface area contributed by atoms with Gasteiger partial charge in [0.2, 0.25) is 5.95 Å². The quantitative estimate of drug-likeness (QED) is 0.748. The lowest BCUT2D eigenvalue weighted by Crippen LogP contribution is -2.16. The van der Waals surface area contributed by atoms with Crippen LogP contribution in [0.25, 0.3) is 0 Å². The summed E-state index contributed by atoms with van der Waals surface area (Å²) in [6.07, 6.45) is 3.46. The molecule has 0 radical (unpaired) electrons. The van der Waals surface area contributed by atoms with Crippen LogP contribution in [0.2, 0.25) is 0 Å². The molecule has 0 bridgehead atoms. The normalized spacial score (nSPS) is 10.3.